The molecule has 88 valence electrons. The first-order valence-electron chi connectivity index (χ1n) is 4.94. The molecular weight excluding hydrogens is 284 g/mol. The number of hydrogen-bond donors (Lipinski definition) is 1. The quantitative estimate of drug-likeness (QED) is 0.695. The van der Waals surface area contributed by atoms with Gasteiger partial charge in [0, 0.05) is 36.8 Å². The van der Waals surface area contributed by atoms with Gasteiger partial charge in [-0.3, -0.25) is 0 Å². The van der Waals surface area contributed by atoms with Gasteiger partial charge in [0.2, 0.25) is 0 Å². The zero-order valence-electron chi connectivity index (χ0n) is 9.22. The van der Waals surface area contributed by atoms with Crippen molar-refractivity contribution in [3.05, 3.63) is 34.7 Å². The summed E-state index contributed by atoms with van der Waals surface area (Å²) in [5, 5.41) is 11.8. The van der Waals surface area contributed by atoms with E-state index >= 15 is 0 Å². The Morgan fingerprint density at radius 1 is 1.59 bits per heavy atom. The van der Waals surface area contributed by atoms with Crippen molar-refractivity contribution in [1.82, 2.24) is 14.8 Å². The summed E-state index contributed by atoms with van der Waals surface area (Å²) in [4.78, 5) is 4.15. The molecule has 0 saturated carbocycles. The molecule has 17 heavy (non-hydrogen) atoms. The van der Waals surface area contributed by atoms with Gasteiger partial charge in [-0.25, -0.2) is 9.67 Å². The van der Waals surface area contributed by atoms with Crippen LogP contribution >= 0.6 is 15.9 Å². The number of pyridine rings is 1. The fourth-order valence-corrected chi connectivity index (χ4v) is 1.95. The van der Waals surface area contributed by atoms with Gasteiger partial charge in [-0.05, 0) is 28.1 Å². The SMILES string of the molecule is COCn1cc(C=N)c(-c2cccnc2Br)n1. The van der Waals surface area contributed by atoms with Crippen LogP contribution in [0.25, 0.3) is 11.3 Å². The molecular formula is C11H11BrN4O. The van der Waals surface area contributed by atoms with Crippen LogP contribution in [-0.2, 0) is 11.5 Å². The van der Waals surface area contributed by atoms with E-state index in [0.717, 1.165) is 16.8 Å². The minimum atomic E-state index is 0.360. The number of aromatic nitrogens is 3. The summed E-state index contributed by atoms with van der Waals surface area (Å²) in [6.07, 6.45) is 4.74. The number of halogens is 1. The van der Waals surface area contributed by atoms with E-state index in [9.17, 15) is 0 Å². The summed E-state index contributed by atoms with van der Waals surface area (Å²) in [6.45, 7) is 0.360. The van der Waals surface area contributed by atoms with E-state index in [4.69, 9.17) is 10.1 Å². The molecule has 0 bridgehead atoms. The van der Waals surface area contributed by atoms with Crippen LogP contribution in [0, 0.1) is 5.41 Å². The van der Waals surface area contributed by atoms with Crippen molar-refractivity contribution in [2.75, 3.05) is 7.11 Å². The topological polar surface area (TPSA) is 63.8 Å². The van der Waals surface area contributed by atoms with E-state index in [0.29, 0.717) is 11.3 Å². The van der Waals surface area contributed by atoms with Crippen LogP contribution in [0.3, 0.4) is 0 Å². The number of hydrogen-bond acceptors (Lipinski definition) is 4. The van der Waals surface area contributed by atoms with Crippen LogP contribution in [0.15, 0.2) is 29.1 Å². The molecule has 2 aromatic heterocycles. The molecule has 0 aliphatic carbocycles. The van der Waals surface area contributed by atoms with E-state index in [1.165, 1.54) is 6.21 Å². The zero-order valence-corrected chi connectivity index (χ0v) is 10.8. The molecule has 2 heterocycles. The smallest absolute Gasteiger partial charge is 0.138 e. The monoisotopic (exact) mass is 294 g/mol. The van der Waals surface area contributed by atoms with Crippen LogP contribution in [-0.4, -0.2) is 28.1 Å². The molecule has 0 unspecified atom stereocenters. The normalized spacial score (nSPS) is 10.5. The van der Waals surface area contributed by atoms with Crippen LogP contribution < -0.4 is 0 Å². The van der Waals surface area contributed by atoms with Gasteiger partial charge in [0.05, 0.1) is 0 Å². The summed E-state index contributed by atoms with van der Waals surface area (Å²) >= 11 is 3.38. The average molecular weight is 295 g/mol. The van der Waals surface area contributed by atoms with Crippen molar-refractivity contribution in [3.8, 4) is 11.3 Å². The number of nitrogens with zero attached hydrogens (tertiary/aromatic N) is 3. The van der Waals surface area contributed by atoms with Crippen LogP contribution in [0.5, 0.6) is 0 Å². The Kier molecular flexibility index (Phi) is 3.65. The molecule has 0 radical (unpaired) electrons. The molecule has 5 nitrogen and oxygen atoms in total. The Bertz CT molecular complexity index is 538. The standard InChI is InChI=1S/C11H11BrN4O/c1-17-7-16-6-8(5-13)10(15-16)9-3-2-4-14-11(9)12/h2-6,13H,7H2,1H3. The molecule has 6 heteroatoms. The molecule has 0 saturated heterocycles. The second-order valence-electron chi connectivity index (χ2n) is 3.38. The lowest BCUT2D eigenvalue weighted by Gasteiger charge is -2.00. The maximum Gasteiger partial charge on any atom is 0.138 e. The lowest BCUT2D eigenvalue weighted by atomic mass is 10.1. The predicted molar refractivity (Wildman–Crippen MR) is 68.1 cm³/mol. The van der Waals surface area contributed by atoms with E-state index in [2.05, 4.69) is 26.0 Å². The number of rotatable bonds is 4. The average Bonchev–Trinajstić information content (AvgIpc) is 2.73. The van der Waals surface area contributed by atoms with E-state index in [1.807, 2.05) is 12.1 Å². The highest BCUT2D eigenvalue weighted by atomic mass is 79.9. The van der Waals surface area contributed by atoms with Gasteiger partial charge in [0.1, 0.15) is 17.0 Å². The van der Waals surface area contributed by atoms with E-state index < -0.39 is 0 Å². The predicted octanol–water partition coefficient (Wildman–Crippen LogP) is 2.31. The molecule has 0 spiro atoms. The van der Waals surface area contributed by atoms with Gasteiger partial charge in [-0.2, -0.15) is 5.10 Å². The molecule has 0 atom stereocenters. The second-order valence-corrected chi connectivity index (χ2v) is 4.13. The highest BCUT2D eigenvalue weighted by Crippen LogP contribution is 2.26. The molecule has 2 rings (SSSR count). The number of methoxy groups -OCH3 is 1. The van der Waals surface area contributed by atoms with Crippen molar-refractivity contribution >= 4 is 22.1 Å². The van der Waals surface area contributed by atoms with Crippen molar-refractivity contribution in [2.24, 2.45) is 0 Å². The molecule has 0 aliphatic rings. The maximum atomic E-state index is 7.40. The first-order valence-corrected chi connectivity index (χ1v) is 5.73. The molecule has 0 fully saturated rings. The summed E-state index contributed by atoms with van der Waals surface area (Å²) in [7, 11) is 1.60. The fourth-order valence-electron chi connectivity index (χ4n) is 1.51. The summed E-state index contributed by atoms with van der Waals surface area (Å²) in [6, 6.07) is 3.74. The third-order valence-electron chi connectivity index (χ3n) is 2.22. The van der Waals surface area contributed by atoms with Crippen LogP contribution in [0.4, 0.5) is 0 Å². The molecule has 2 aromatic rings. The lowest BCUT2D eigenvalue weighted by molar-refractivity contribution is 0.121. The summed E-state index contributed by atoms with van der Waals surface area (Å²) < 4.78 is 7.37. The van der Waals surface area contributed by atoms with Gasteiger partial charge in [-0.15, -0.1) is 0 Å². The Morgan fingerprint density at radius 2 is 2.41 bits per heavy atom. The number of nitrogens with one attached hydrogen (secondary N) is 1. The van der Waals surface area contributed by atoms with E-state index in [-0.39, 0.29) is 0 Å². The first-order chi connectivity index (χ1) is 8.26. The van der Waals surface area contributed by atoms with Crippen molar-refractivity contribution in [1.29, 1.82) is 5.41 Å². The van der Waals surface area contributed by atoms with Crippen molar-refractivity contribution < 1.29 is 4.74 Å². The minimum absolute atomic E-state index is 0.360. The fraction of sp³-hybridized carbons (Fsp3) is 0.182. The highest BCUT2D eigenvalue weighted by Gasteiger charge is 2.12. The first kappa shape index (κ1) is 11.9. The Morgan fingerprint density at radius 3 is 3.06 bits per heavy atom. The van der Waals surface area contributed by atoms with Gasteiger partial charge >= 0.3 is 0 Å². The largest absolute Gasteiger partial charge is 0.362 e. The molecule has 1 N–H and O–H groups in total. The van der Waals surface area contributed by atoms with Crippen molar-refractivity contribution in [3.63, 3.8) is 0 Å². The molecule has 0 aromatic carbocycles. The third kappa shape index (κ3) is 2.42. The van der Waals surface area contributed by atoms with Gasteiger partial charge in [-0.1, -0.05) is 0 Å². The lowest BCUT2D eigenvalue weighted by Crippen LogP contribution is -2.00. The Hall–Kier alpha value is -1.53. The summed E-state index contributed by atoms with van der Waals surface area (Å²) in [5.74, 6) is 0. The van der Waals surface area contributed by atoms with Crippen molar-refractivity contribution in [2.45, 2.75) is 6.73 Å². The molecule has 0 amide bonds. The third-order valence-corrected chi connectivity index (χ3v) is 2.85. The Labute approximate surface area is 107 Å². The van der Waals surface area contributed by atoms with E-state index in [1.54, 1.807) is 24.2 Å². The summed E-state index contributed by atoms with van der Waals surface area (Å²) in [5.41, 5.74) is 2.31. The van der Waals surface area contributed by atoms with Gasteiger partial charge in [0.25, 0.3) is 0 Å². The van der Waals surface area contributed by atoms with Gasteiger partial charge < -0.3 is 10.1 Å². The molecule has 0 aliphatic heterocycles. The minimum Gasteiger partial charge on any atom is -0.362 e. The Balaban J connectivity index is 2.51. The maximum absolute atomic E-state index is 7.40. The highest BCUT2D eigenvalue weighted by molar-refractivity contribution is 9.10. The zero-order chi connectivity index (χ0) is 12.3. The van der Waals surface area contributed by atoms with Gasteiger partial charge in [0.15, 0.2) is 0 Å². The van der Waals surface area contributed by atoms with Crippen LogP contribution in [0.1, 0.15) is 5.56 Å². The van der Waals surface area contributed by atoms with Crippen LogP contribution in [0.2, 0.25) is 0 Å². The number of ether oxygens (including phenoxy) is 1. The second kappa shape index (κ2) is 5.20.